The lowest BCUT2D eigenvalue weighted by Crippen LogP contribution is -2.50. The topological polar surface area (TPSA) is 79.0 Å². The van der Waals surface area contributed by atoms with E-state index in [1.54, 1.807) is 36.2 Å². The van der Waals surface area contributed by atoms with Crippen molar-refractivity contribution in [1.29, 1.82) is 0 Å². The summed E-state index contributed by atoms with van der Waals surface area (Å²) in [5, 5.41) is 2.92. The zero-order valence-corrected chi connectivity index (χ0v) is 18.4. The van der Waals surface area contributed by atoms with Crippen LogP contribution >= 0.6 is 0 Å². The first-order valence-corrected chi connectivity index (χ1v) is 10.4. The second-order valence-corrected chi connectivity index (χ2v) is 8.17. The molecule has 0 bridgehead atoms. The Kier molecular flexibility index (Phi) is 6.95. The predicted molar refractivity (Wildman–Crippen MR) is 120 cm³/mol. The van der Waals surface area contributed by atoms with Crippen LogP contribution in [0.25, 0.3) is 0 Å². The van der Waals surface area contributed by atoms with E-state index < -0.39 is 12.1 Å². The third kappa shape index (κ3) is 5.23. The highest BCUT2D eigenvalue weighted by atomic mass is 16.5. The van der Waals surface area contributed by atoms with E-state index in [4.69, 9.17) is 4.74 Å². The fourth-order valence-electron chi connectivity index (χ4n) is 3.72. The van der Waals surface area contributed by atoms with Gasteiger partial charge >= 0.3 is 6.09 Å². The van der Waals surface area contributed by atoms with Crippen molar-refractivity contribution >= 4 is 29.3 Å². The molecular weight excluding hydrogens is 394 g/mol. The molecule has 0 spiro atoms. The van der Waals surface area contributed by atoms with Crippen molar-refractivity contribution in [2.24, 2.45) is 5.92 Å². The van der Waals surface area contributed by atoms with E-state index in [2.05, 4.69) is 5.32 Å². The molecule has 1 aliphatic heterocycles. The Labute approximate surface area is 183 Å². The molecule has 1 atom stereocenters. The maximum atomic E-state index is 13.2. The SMILES string of the molecule is COC(=O)N(C)c1ccc(NC(=O)C2Cc3ccccc3CN2C(=O)CC(C)C)cc1. The standard InChI is InChI=1S/C24H29N3O4/c1-16(2)13-22(28)27-15-18-8-6-5-7-17(18)14-21(27)23(29)25-19-9-11-20(12-10-19)26(3)24(30)31-4/h5-12,16,21H,13-15H2,1-4H3,(H,25,29). The van der Waals surface area contributed by atoms with Gasteiger partial charge in [0.15, 0.2) is 0 Å². The largest absolute Gasteiger partial charge is 0.452 e. The Balaban J connectivity index is 1.77. The average molecular weight is 424 g/mol. The van der Waals surface area contributed by atoms with Crippen molar-refractivity contribution in [2.75, 3.05) is 24.4 Å². The molecule has 1 heterocycles. The van der Waals surface area contributed by atoms with Crippen LogP contribution in [-0.2, 0) is 27.3 Å². The number of nitrogens with one attached hydrogen (secondary N) is 1. The summed E-state index contributed by atoms with van der Waals surface area (Å²) >= 11 is 0. The molecule has 31 heavy (non-hydrogen) atoms. The van der Waals surface area contributed by atoms with Crippen molar-refractivity contribution < 1.29 is 19.1 Å². The van der Waals surface area contributed by atoms with Crippen molar-refractivity contribution in [2.45, 2.75) is 39.3 Å². The van der Waals surface area contributed by atoms with Crippen molar-refractivity contribution in [3.63, 3.8) is 0 Å². The highest BCUT2D eigenvalue weighted by Gasteiger charge is 2.34. The van der Waals surface area contributed by atoms with Crippen LogP contribution in [0.1, 0.15) is 31.4 Å². The third-order valence-corrected chi connectivity index (χ3v) is 5.43. The molecule has 0 saturated heterocycles. The summed E-state index contributed by atoms with van der Waals surface area (Å²) in [6.07, 6.45) is 0.409. The normalized spacial score (nSPS) is 15.3. The summed E-state index contributed by atoms with van der Waals surface area (Å²) in [4.78, 5) is 40.8. The molecule has 0 aliphatic carbocycles. The van der Waals surface area contributed by atoms with Crippen LogP contribution in [0.15, 0.2) is 48.5 Å². The highest BCUT2D eigenvalue weighted by Crippen LogP contribution is 2.26. The third-order valence-electron chi connectivity index (χ3n) is 5.43. The summed E-state index contributed by atoms with van der Waals surface area (Å²) in [6.45, 7) is 4.43. The van der Waals surface area contributed by atoms with E-state index in [0.29, 0.717) is 30.8 Å². The zero-order valence-electron chi connectivity index (χ0n) is 18.4. The minimum Gasteiger partial charge on any atom is -0.452 e. The summed E-state index contributed by atoms with van der Waals surface area (Å²) < 4.78 is 4.71. The first-order chi connectivity index (χ1) is 14.8. The Morgan fingerprint density at radius 2 is 1.74 bits per heavy atom. The lowest BCUT2D eigenvalue weighted by Gasteiger charge is -2.36. The van der Waals surface area contributed by atoms with Gasteiger partial charge in [-0.05, 0) is 41.3 Å². The van der Waals surface area contributed by atoms with E-state index in [-0.39, 0.29) is 17.7 Å². The number of hydrogen-bond acceptors (Lipinski definition) is 4. The number of benzene rings is 2. The van der Waals surface area contributed by atoms with Gasteiger partial charge in [-0.25, -0.2) is 4.79 Å². The number of rotatable bonds is 5. The first-order valence-electron chi connectivity index (χ1n) is 10.4. The van der Waals surface area contributed by atoms with Crippen LogP contribution in [0.3, 0.4) is 0 Å². The van der Waals surface area contributed by atoms with Crippen molar-refractivity contribution in [3.05, 3.63) is 59.7 Å². The molecule has 0 fully saturated rings. The summed E-state index contributed by atoms with van der Waals surface area (Å²) in [7, 11) is 2.93. The maximum Gasteiger partial charge on any atom is 0.413 e. The monoisotopic (exact) mass is 423 g/mol. The number of carbonyl (C=O) groups is 3. The number of carbonyl (C=O) groups excluding carboxylic acids is 3. The zero-order chi connectivity index (χ0) is 22.5. The van der Waals surface area contributed by atoms with Gasteiger partial charge in [-0.1, -0.05) is 38.1 Å². The molecule has 0 radical (unpaired) electrons. The first kappa shape index (κ1) is 22.3. The maximum absolute atomic E-state index is 13.2. The van der Waals surface area contributed by atoms with Gasteiger partial charge in [-0.2, -0.15) is 0 Å². The van der Waals surface area contributed by atoms with Gasteiger partial charge in [-0.15, -0.1) is 0 Å². The fraction of sp³-hybridized carbons (Fsp3) is 0.375. The molecule has 1 N–H and O–H groups in total. The molecule has 7 nitrogen and oxygen atoms in total. The van der Waals surface area contributed by atoms with E-state index in [1.807, 2.05) is 38.1 Å². The van der Waals surface area contributed by atoms with Gasteiger partial charge in [0.2, 0.25) is 11.8 Å². The minimum atomic E-state index is -0.571. The Hall–Kier alpha value is -3.35. The van der Waals surface area contributed by atoms with Crippen LogP contribution in [0.2, 0.25) is 0 Å². The lowest BCUT2D eigenvalue weighted by molar-refractivity contribution is -0.140. The van der Waals surface area contributed by atoms with Gasteiger partial charge in [0.1, 0.15) is 6.04 Å². The van der Waals surface area contributed by atoms with Gasteiger partial charge < -0.3 is 15.0 Å². The number of methoxy groups -OCH3 is 1. The van der Waals surface area contributed by atoms with Crippen molar-refractivity contribution in [1.82, 2.24) is 4.90 Å². The second-order valence-electron chi connectivity index (χ2n) is 8.17. The van der Waals surface area contributed by atoms with Crippen LogP contribution in [0.4, 0.5) is 16.2 Å². The molecule has 0 saturated carbocycles. The second kappa shape index (κ2) is 9.64. The van der Waals surface area contributed by atoms with Gasteiger partial charge in [0.05, 0.1) is 7.11 Å². The molecule has 1 aliphatic rings. The van der Waals surface area contributed by atoms with E-state index >= 15 is 0 Å². The van der Waals surface area contributed by atoms with Gasteiger partial charge in [0, 0.05) is 37.8 Å². The Morgan fingerprint density at radius 3 is 2.35 bits per heavy atom. The smallest absolute Gasteiger partial charge is 0.413 e. The lowest BCUT2D eigenvalue weighted by atomic mass is 9.92. The van der Waals surface area contributed by atoms with Crippen LogP contribution < -0.4 is 10.2 Å². The Morgan fingerprint density at radius 1 is 1.10 bits per heavy atom. The molecular formula is C24H29N3O4. The fourth-order valence-corrected chi connectivity index (χ4v) is 3.72. The number of fused-ring (bicyclic) bond motifs is 1. The molecule has 0 aromatic heterocycles. The molecule has 7 heteroatoms. The molecule has 2 aromatic carbocycles. The predicted octanol–water partition coefficient (Wildman–Crippen LogP) is 3.83. The molecule has 3 rings (SSSR count). The summed E-state index contributed by atoms with van der Waals surface area (Å²) in [5.41, 5.74) is 3.41. The van der Waals surface area contributed by atoms with Crippen LogP contribution in [0.5, 0.6) is 0 Å². The molecule has 2 aromatic rings. The average Bonchev–Trinajstić information content (AvgIpc) is 2.77. The quantitative estimate of drug-likeness (QED) is 0.793. The summed E-state index contributed by atoms with van der Waals surface area (Å²) in [5.74, 6) is -0.0203. The van der Waals surface area contributed by atoms with Gasteiger partial charge in [-0.3, -0.25) is 14.5 Å². The van der Waals surface area contributed by atoms with Crippen LogP contribution in [-0.4, -0.2) is 43.0 Å². The van der Waals surface area contributed by atoms with E-state index in [1.165, 1.54) is 12.0 Å². The van der Waals surface area contributed by atoms with E-state index in [9.17, 15) is 14.4 Å². The number of nitrogens with zero attached hydrogens (tertiary/aromatic N) is 2. The number of hydrogen-bond donors (Lipinski definition) is 1. The van der Waals surface area contributed by atoms with Crippen LogP contribution in [0, 0.1) is 5.92 Å². The number of anilines is 2. The molecule has 3 amide bonds. The van der Waals surface area contributed by atoms with Crippen molar-refractivity contribution in [3.8, 4) is 0 Å². The van der Waals surface area contributed by atoms with E-state index in [0.717, 1.165) is 11.1 Å². The Bertz CT molecular complexity index is 956. The molecule has 1 unspecified atom stereocenters. The molecule has 164 valence electrons. The van der Waals surface area contributed by atoms with Gasteiger partial charge in [0.25, 0.3) is 0 Å². The summed E-state index contributed by atoms with van der Waals surface area (Å²) in [6, 6.07) is 14.3. The number of ether oxygens (including phenoxy) is 1. The minimum absolute atomic E-state index is 0.0142. The highest BCUT2D eigenvalue weighted by molar-refractivity contribution is 5.98. The number of amides is 3.